The quantitative estimate of drug-likeness (QED) is 0.487. The molecule has 0 amide bonds. The van der Waals surface area contributed by atoms with E-state index >= 15 is 0 Å². The molecule has 1 aliphatic rings. The van der Waals surface area contributed by atoms with Crippen molar-refractivity contribution in [2.75, 3.05) is 39.4 Å². The lowest BCUT2D eigenvalue weighted by Gasteiger charge is -2.26. The summed E-state index contributed by atoms with van der Waals surface area (Å²) < 4.78 is 45.4. The van der Waals surface area contributed by atoms with Crippen LogP contribution in [0.2, 0.25) is 0 Å². The number of rotatable bonds is 7. The van der Waals surface area contributed by atoms with Crippen LogP contribution in [-0.4, -0.2) is 70.0 Å². The largest absolute Gasteiger partial charge is 0.434 e. The summed E-state index contributed by atoms with van der Waals surface area (Å²) >= 11 is 0.960. The number of guanidine groups is 1. The first-order valence-electron chi connectivity index (χ1n) is 9.51. The zero-order valence-electron chi connectivity index (χ0n) is 16.9. The van der Waals surface area contributed by atoms with Gasteiger partial charge in [-0.3, -0.25) is 4.90 Å². The number of nitrogens with one attached hydrogen (secondary N) is 2. The molecule has 0 saturated carbocycles. The van der Waals surface area contributed by atoms with Gasteiger partial charge in [0.05, 0.1) is 19.8 Å². The van der Waals surface area contributed by atoms with E-state index in [4.69, 9.17) is 4.74 Å². The number of alkyl halides is 3. The molecule has 0 spiro atoms. The summed E-state index contributed by atoms with van der Waals surface area (Å²) in [5.41, 5.74) is -0.877. The Morgan fingerprint density at radius 2 is 2.03 bits per heavy atom. The number of nitrogens with zero attached hydrogens (tertiary/aromatic N) is 6. The second-order valence-corrected chi connectivity index (χ2v) is 7.69. The molecule has 1 saturated heterocycles. The minimum atomic E-state index is -4.44. The van der Waals surface area contributed by atoms with Crippen LogP contribution < -0.4 is 10.6 Å². The molecule has 0 radical (unpaired) electrons. The average molecular weight is 447 g/mol. The third-order valence-electron chi connectivity index (χ3n) is 4.63. The Labute approximate surface area is 176 Å². The van der Waals surface area contributed by atoms with Gasteiger partial charge in [-0.15, -0.1) is 21.5 Å². The van der Waals surface area contributed by atoms with Crippen molar-refractivity contribution in [3.63, 3.8) is 0 Å². The summed E-state index contributed by atoms with van der Waals surface area (Å²) in [6.07, 6.45) is -4.44. The standard InChI is InChI=1S/C17H25F3N8OS/c1-12-25-26-14(27(12)2)9-22-16(21-3-4-28-5-7-29-8-6-28)23-10-15-24-13(11-30-15)17(18,19)20/h11H,3-10H2,1-2H3,(H2,21,22,23). The van der Waals surface area contributed by atoms with Gasteiger partial charge >= 0.3 is 6.18 Å². The van der Waals surface area contributed by atoms with Crippen LogP contribution in [0, 0.1) is 6.92 Å². The number of morpholine rings is 1. The minimum Gasteiger partial charge on any atom is -0.379 e. The smallest absolute Gasteiger partial charge is 0.379 e. The molecule has 2 aromatic heterocycles. The van der Waals surface area contributed by atoms with Crippen molar-refractivity contribution in [2.24, 2.45) is 12.0 Å². The van der Waals surface area contributed by atoms with Gasteiger partial charge in [0.2, 0.25) is 0 Å². The maximum atomic E-state index is 12.8. The Morgan fingerprint density at radius 3 is 2.67 bits per heavy atom. The molecule has 3 heterocycles. The molecule has 2 aromatic rings. The van der Waals surface area contributed by atoms with Gasteiger partial charge in [0, 0.05) is 38.6 Å². The molecule has 1 fully saturated rings. The molecule has 2 N–H and O–H groups in total. The van der Waals surface area contributed by atoms with E-state index in [9.17, 15) is 13.2 Å². The van der Waals surface area contributed by atoms with Crippen LogP contribution in [0.4, 0.5) is 13.2 Å². The van der Waals surface area contributed by atoms with E-state index in [1.54, 1.807) is 0 Å². The Kier molecular flexibility index (Phi) is 7.61. The van der Waals surface area contributed by atoms with Crippen molar-refractivity contribution in [1.29, 1.82) is 0 Å². The first kappa shape index (κ1) is 22.4. The molecule has 13 heteroatoms. The van der Waals surface area contributed by atoms with E-state index in [2.05, 4.69) is 35.7 Å². The highest BCUT2D eigenvalue weighted by Gasteiger charge is 2.33. The van der Waals surface area contributed by atoms with Crippen LogP contribution in [0.5, 0.6) is 0 Å². The molecule has 9 nitrogen and oxygen atoms in total. The second kappa shape index (κ2) is 10.2. The van der Waals surface area contributed by atoms with Crippen molar-refractivity contribution < 1.29 is 17.9 Å². The minimum absolute atomic E-state index is 0.141. The predicted octanol–water partition coefficient (Wildman–Crippen LogP) is 1.17. The number of halogens is 3. The number of thiazole rings is 1. The fourth-order valence-electron chi connectivity index (χ4n) is 2.75. The summed E-state index contributed by atoms with van der Waals surface area (Å²) in [4.78, 5) is 10.4. The van der Waals surface area contributed by atoms with Crippen molar-refractivity contribution >= 4 is 17.3 Å². The number of ether oxygens (including phenoxy) is 1. The summed E-state index contributed by atoms with van der Waals surface area (Å²) in [5.74, 6) is 1.94. The highest BCUT2D eigenvalue weighted by atomic mass is 32.1. The molecule has 30 heavy (non-hydrogen) atoms. The topological polar surface area (TPSA) is 92.5 Å². The molecule has 0 aromatic carbocycles. The van der Waals surface area contributed by atoms with Gasteiger partial charge in [0.25, 0.3) is 0 Å². The third-order valence-corrected chi connectivity index (χ3v) is 5.48. The number of aryl methyl sites for hydroxylation is 1. The van der Waals surface area contributed by atoms with Gasteiger partial charge in [-0.1, -0.05) is 0 Å². The van der Waals surface area contributed by atoms with Crippen molar-refractivity contribution in [3.8, 4) is 0 Å². The highest BCUT2D eigenvalue weighted by Crippen LogP contribution is 2.29. The monoisotopic (exact) mass is 446 g/mol. The maximum absolute atomic E-state index is 12.8. The first-order valence-corrected chi connectivity index (χ1v) is 10.4. The van der Waals surface area contributed by atoms with E-state index in [-0.39, 0.29) is 13.1 Å². The lowest BCUT2D eigenvalue weighted by atomic mass is 10.4. The van der Waals surface area contributed by atoms with Gasteiger partial charge in [0.15, 0.2) is 17.5 Å². The Hall–Kier alpha value is -2.25. The molecule has 3 rings (SSSR count). The number of hydrogen-bond acceptors (Lipinski definition) is 7. The number of aromatic nitrogens is 4. The fourth-order valence-corrected chi connectivity index (χ4v) is 3.49. The summed E-state index contributed by atoms with van der Waals surface area (Å²) in [6, 6.07) is 0. The molecular formula is C17H25F3N8OS. The molecule has 0 atom stereocenters. The number of hydrogen-bond donors (Lipinski definition) is 2. The zero-order valence-corrected chi connectivity index (χ0v) is 17.7. The molecular weight excluding hydrogens is 421 g/mol. The van der Waals surface area contributed by atoms with Crippen molar-refractivity contribution in [2.45, 2.75) is 26.2 Å². The maximum Gasteiger partial charge on any atom is 0.434 e. The molecule has 166 valence electrons. The average Bonchev–Trinajstić information content (AvgIpc) is 3.32. The van der Waals surface area contributed by atoms with Crippen molar-refractivity contribution in [1.82, 2.24) is 35.3 Å². The van der Waals surface area contributed by atoms with Crippen LogP contribution in [0.1, 0.15) is 22.4 Å². The van der Waals surface area contributed by atoms with Gasteiger partial charge in [-0.25, -0.2) is 9.98 Å². The lowest BCUT2D eigenvalue weighted by Crippen LogP contribution is -2.44. The first-order chi connectivity index (χ1) is 14.3. The Bertz CT molecular complexity index is 844. The summed E-state index contributed by atoms with van der Waals surface area (Å²) in [7, 11) is 1.85. The summed E-state index contributed by atoms with van der Waals surface area (Å²) in [6.45, 7) is 6.90. The van der Waals surface area contributed by atoms with Gasteiger partial charge < -0.3 is 19.9 Å². The van der Waals surface area contributed by atoms with Gasteiger partial charge in [-0.2, -0.15) is 13.2 Å². The fraction of sp³-hybridized carbons (Fsp3) is 0.647. The van der Waals surface area contributed by atoms with E-state index in [1.807, 2.05) is 18.5 Å². The van der Waals surface area contributed by atoms with Gasteiger partial charge in [-0.05, 0) is 6.92 Å². The Morgan fingerprint density at radius 1 is 1.27 bits per heavy atom. The molecule has 1 aliphatic heterocycles. The predicted molar refractivity (Wildman–Crippen MR) is 106 cm³/mol. The third kappa shape index (κ3) is 6.37. The molecule has 0 bridgehead atoms. The Balaban J connectivity index is 1.59. The van der Waals surface area contributed by atoms with Crippen LogP contribution in [0.25, 0.3) is 0 Å². The van der Waals surface area contributed by atoms with E-state index < -0.39 is 11.9 Å². The molecule has 0 aliphatic carbocycles. The van der Waals surface area contributed by atoms with E-state index in [0.717, 1.165) is 55.4 Å². The molecule has 0 unspecified atom stereocenters. The normalized spacial score (nSPS) is 16.1. The van der Waals surface area contributed by atoms with Crippen molar-refractivity contribution in [3.05, 3.63) is 27.7 Å². The zero-order chi connectivity index (χ0) is 21.6. The van der Waals surface area contributed by atoms with Crippen LogP contribution >= 0.6 is 11.3 Å². The SMILES string of the molecule is Cc1nnc(CN=C(NCCN2CCOCC2)NCc2nc(C(F)(F)F)cs2)n1C. The van der Waals surface area contributed by atoms with Gasteiger partial charge in [0.1, 0.15) is 17.4 Å². The van der Waals surface area contributed by atoms with E-state index in [1.165, 1.54) is 0 Å². The van der Waals surface area contributed by atoms with Crippen LogP contribution in [-0.2, 0) is 31.1 Å². The lowest BCUT2D eigenvalue weighted by molar-refractivity contribution is -0.140. The number of aliphatic imine (C=N–C) groups is 1. The van der Waals surface area contributed by atoms with E-state index in [0.29, 0.717) is 23.3 Å². The summed E-state index contributed by atoms with van der Waals surface area (Å²) in [5, 5.41) is 15.7. The second-order valence-electron chi connectivity index (χ2n) is 6.75. The highest BCUT2D eigenvalue weighted by molar-refractivity contribution is 7.09. The van der Waals surface area contributed by atoms with Crippen LogP contribution in [0.3, 0.4) is 0 Å². The van der Waals surface area contributed by atoms with Crippen LogP contribution in [0.15, 0.2) is 10.4 Å².